The Balaban J connectivity index is 2.07. The van der Waals surface area contributed by atoms with Crippen molar-refractivity contribution < 1.29 is 13.9 Å². The van der Waals surface area contributed by atoms with Gasteiger partial charge in [-0.3, -0.25) is 0 Å². The molecule has 0 atom stereocenters. The van der Waals surface area contributed by atoms with Crippen LogP contribution in [0, 0.1) is 6.92 Å². The summed E-state index contributed by atoms with van der Waals surface area (Å²) in [5.41, 5.74) is 7.56. The molecule has 0 saturated carbocycles. The van der Waals surface area contributed by atoms with E-state index in [1.165, 1.54) is 7.11 Å². The van der Waals surface area contributed by atoms with Crippen LogP contribution < -0.4 is 11.1 Å². The van der Waals surface area contributed by atoms with Crippen molar-refractivity contribution in [1.29, 1.82) is 0 Å². The fourth-order valence-corrected chi connectivity index (χ4v) is 1.73. The van der Waals surface area contributed by atoms with Gasteiger partial charge in [0, 0.05) is 0 Å². The number of benzene rings is 1. The standard InChI is InChI=1S/C14H16N2O3/c1-9-3-5-11(19-9)8-16-13-6-4-10(7-12(13)15)14(17)18-2/h3-7,16H,8,15H2,1-2H3. The number of carbonyl (C=O) groups excluding carboxylic acids is 1. The SMILES string of the molecule is COC(=O)c1ccc(NCc2ccc(C)o2)c(N)c1. The summed E-state index contributed by atoms with van der Waals surface area (Å²) in [6.45, 7) is 2.43. The summed E-state index contributed by atoms with van der Waals surface area (Å²) < 4.78 is 10.1. The highest BCUT2D eigenvalue weighted by Gasteiger charge is 2.08. The smallest absolute Gasteiger partial charge is 0.337 e. The molecule has 0 saturated heterocycles. The Morgan fingerprint density at radius 1 is 1.37 bits per heavy atom. The van der Waals surface area contributed by atoms with E-state index in [9.17, 15) is 4.79 Å². The van der Waals surface area contributed by atoms with Gasteiger partial charge in [-0.1, -0.05) is 0 Å². The topological polar surface area (TPSA) is 77.5 Å². The zero-order chi connectivity index (χ0) is 13.8. The summed E-state index contributed by atoms with van der Waals surface area (Å²) in [7, 11) is 1.34. The highest BCUT2D eigenvalue weighted by Crippen LogP contribution is 2.21. The molecule has 0 spiro atoms. The largest absolute Gasteiger partial charge is 0.465 e. The minimum atomic E-state index is -0.403. The molecule has 0 aliphatic carbocycles. The number of hydrogen-bond acceptors (Lipinski definition) is 5. The van der Waals surface area contributed by atoms with Crippen molar-refractivity contribution in [3.63, 3.8) is 0 Å². The number of esters is 1. The zero-order valence-electron chi connectivity index (χ0n) is 10.9. The number of furan rings is 1. The lowest BCUT2D eigenvalue weighted by molar-refractivity contribution is 0.0601. The average molecular weight is 260 g/mol. The van der Waals surface area contributed by atoms with Gasteiger partial charge in [-0.25, -0.2) is 4.79 Å². The van der Waals surface area contributed by atoms with Crippen LogP contribution in [0.3, 0.4) is 0 Å². The normalized spacial score (nSPS) is 10.2. The second-order valence-electron chi connectivity index (χ2n) is 4.16. The molecule has 3 N–H and O–H groups in total. The first-order valence-corrected chi connectivity index (χ1v) is 5.87. The van der Waals surface area contributed by atoms with Crippen LogP contribution in [0.15, 0.2) is 34.7 Å². The van der Waals surface area contributed by atoms with Crippen LogP contribution in [-0.2, 0) is 11.3 Å². The van der Waals surface area contributed by atoms with E-state index in [2.05, 4.69) is 10.1 Å². The van der Waals surface area contributed by atoms with Crippen LogP contribution in [0.25, 0.3) is 0 Å². The molecule has 5 nitrogen and oxygen atoms in total. The van der Waals surface area contributed by atoms with E-state index in [1.54, 1.807) is 18.2 Å². The Hall–Kier alpha value is -2.43. The van der Waals surface area contributed by atoms with Crippen LogP contribution in [0.5, 0.6) is 0 Å². The third-order valence-electron chi connectivity index (χ3n) is 2.72. The van der Waals surface area contributed by atoms with Crippen LogP contribution in [-0.4, -0.2) is 13.1 Å². The highest BCUT2D eigenvalue weighted by molar-refractivity contribution is 5.91. The van der Waals surface area contributed by atoms with Crippen molar-refractivity contribution in [2.45, 2.75) is 13.5 Å². The molecule has 1 aromatic heterocycles. The maximum atomic E-state index is 11.3. The van der Waals surface area contributed by atoms with Gasteiger partial charge in [0.25, 0.3) is 0 Å². The van der Waals surface area contributed by atoms with Crippen LogP contribution >= 0.6 is 0 Å². The number of nitrogen functional groups attached to an aromatic ring is 1. The van der Waals surface area contributed by atoms with Gasteiger partial charge < -0.3 is 20.2 Å². The number of rotatable bonds is 4. The quantitative estimate of drug-likeness (QED) is 0.652. The first kappa shape index (κ1) is 13.0. The van der Waals surface area contributed by atoms with Crippen molar-refractivity contribution in [3.8, 4) is 0 Å². The van der Waals surface area contributed by atoms with Gasteiger partial charge >= 0.3 is 5.97 Å². The Labute approximate surface area is 111 Å². The van der Waals surface area contributed by atoms with Crippen molar-refractivity contribution in [2.24, 2.45) is 0 Å². The number of ether oxygens (including phenoxy) is 1. The van der Waals surface area contributed by atoms with Gasteiger partial charge in [-0.2, -0.15) is 0 Å². The number of methoxy groups -OCH3 is 1. The number of nitrogens with one attached hydrogen (secondary N) is 1. The summed E-state index contributed by atoms with van der Waals surface area (Å²) in [6.07, 6.45) is 0. The lowest BCUT2D eigenvalue weighted by atomic mass is 10.1. The van der Waals surface area contributed by atoms with Crippen molar-refractivity contribution in [2.75, 3.05) is 18.2 Å². The number of nitrogens with two attached hydrogens (primary N) is 1. The molecule has 0 unspecified atom stereocenters. The molecule has 19 heavy (non-hydrogen) atoms. The lowest BCUT2D eigenvalue weighted by Gasteiger charge is -2.09. The molecule has 0 radical (unpaired) electrons. The molecule has 0 aliphatic rings. The van der Waals surface area contributed by atoms with E-state index in [1.807, 2.05) is 19.1 Å². The van der Waals surface area contributed by atoms with E-state index in [4.69, 9.17) is 10.2 Å². The average Bonchev–Trinajstić information content (AvgIpc) is 2.82. The number of hydrogen-bond donors (Lipinski definition) is 2. The Bertz CT molecular complexity index is 590. The van der Waals surface area contributed by atoms with E-state index in [0.717, 1.165) is 17.2 Å². The fourth-order valence-electron chi connectivity index (χ4n) is 1.73. The van der Waals surface area contributed by atoms with Crippen molar-refractivity contribution >= 4 is 17.3 Å². The van der Waals surface area contributed by atoms with Crippen LogP contribution in [0.4, 0.5) is 11.4 Å². The summed E-state index contributed by atoms with van der Waals surface area (Å²) in [5.74, 6) is 1.29. The van der Waals surface area contributed by atoms with Gasteiger partial charge in [0.15, 0.2) is 0 Å². The Kier molecular flexibility index (Phi) is 3.75. The molecule has 5 heteroatoms. The van der Waals surface area contributed by atoms with Gasteiger partial charge in [-0.15, -0.1) is 0 Å². The molecule has 1 aromatic carbocycles. The van der Waals surface area contributed by atoms with Crippen molar-refractivity contribution in [1.82, 2.24) is 0 Å². The third kappa shape index (κ3) is 3.07. The van der Waals surface area contributed by atoms with Crippen LogP contribution in [0.2, 0.25) is 0 Å². The number of carbonyl (C=O) groups is 1. The number of anilines is 2. The Morgan fingerprint density at radius 3 is 2.74 bits per heavy atom. The second-order valence-corrected chi connectivity index (χ2v) is 4.16. The first-order valence-electron chi connectivity index (χ1n) is 5.87. The second kappa shape index (κ2) is 5.48. The molecule has 0 amide bonds. The molecule has 0 bridgehead atoms. The van der Waals surface area contributed by atoms with E-state index < -0.39 is 5.97 Å². The minimum Gasteiger partial charge on any atom is -0.465 e. The number of aryl methyl sites for hydroxylation is 1. The van der Waals surface area contributed by atoms with Crippen LogP contribution in [0.1, 0.15) is 21.9 Å². The molecule has 2 rings (SSSR count). The molecular weight excluding hydrogens is 244 g/mol. The van der Waals surface area contributed by atoms with Gasteiger partial charge in [0.05, 0.1) is 30.6 Å². The fraction of sp³-hybridized carbons (Fsp3) is 0.214. The molecule has 0 fully saturated rings. The Morgan fingerprint density at radius 2 is 2.16 bits per heavy atom. The summed E-state index contributed by atoms with van der Waals surface area (Å²) >= 11 is 0. The van der Waals surface area contributed by atoms with Gasteiger partial charge in [0.1, 0.15) is 11.5 Å². The highest BCUT2D eigenvalue weighted by atomic mass is 16.5. The summed E-state index contributed by atoms with van der Waals surface area (Å²) in [5, 5.41) is 3.16. The first-order chi connectivity index (χ1) is 9.10. The summed E-state index contributed by atoms with van der Waals surface area (Å²) in [6, 6.07) is 8.80. The third-order valence-corrected chi connectivity index (χ3v) is 2.72. The molecule has 100 valence electrons. The molecule has 0 aliphatic heterocycles. The van der Waals surface area contributed by atoms with Gasteiger partial charge in [0.2, 0.25) is 0 Å². The monoisotopic (exact) mass is 260 g/mol. The van der Waals surface area contributed by atoms with Crippen molar-refractivity contribution in [3.05, 3.63) is 47.4 Å². The van der Waals surface area contributed by atoms with E-state index in [-0.39, 0.29) is 0 Å². The maximum Gasteiger partial charge on any atom is 0.337 e. The van der Waals surface area contributed by atoms with E-state index >= 15 is 0 Å². The van der Waals surface area contributed by atoms with Gasteiger partial charge in [-0.05, 0) is 37.3 Å². The van der Waals surface area contributed by atoms with E-state index in [0.29, 0.717) is 17.8 Å². The predicted molar refractivity (Wildman–Crippen MR) is 73.0 cm³/mol. The maximum absolute atomic E-state index is 11.3. The predicted octanol–water partition coefficient (Wildman–Crippen LogP) is 2.57. The molecule has 2 aromatic rings. The molecular formula is C14H16N2O3. The lowest BCUT2D eigenvalue weighted by Crippen LogP contribution is -2.05. The summed E-state index contributed by atoms with van der Waals surface area (Å²) in [4.78, 5) is 11.3. The minimum absolute atomic E-state index is 0.403. The molecule has 1 heterocycles. The zero-order valence-corrected chi connectivity index (χ0v) is 10.9.